The highest BCUT2D eigenvalue weighted by Gasteiger charge is 2.32. The molecular weight excluding hydrogens is 384 g/mol. The molecule has 25 heavy (non-hydrogen) atoms. The fraction of sp³-hybridized carbons (Fsp3) is 0.368. The fourth-order valence-electron chi connectivity index (χ4n) is 3.27. The molecule has 0 radical (unpaired) electrons. The third kappa shape index (κ3) is 3.55. The minimum absolute atomic E-state index is 0.0200. The van der Waals surface area contributed by atoms with Gasteiger partial charge in [-0.15, -0.1) is 0 Å². The molecule has 0 bridgehead atoms. The zero-order chi connectivity index (χ0) is 17.2. The Morgan fingerprint density at radius 1 is 1.28 bits per heavy atom. The van der Waals surface area contributed by atoms with Gasteiger partial charge in [0.1, 0.15) is 12.2 Å². The number of hydrogen-bond acceptors (Lipinski definition) is 4. The smallest absolute Gasteiger partial charge is 0.260 e. The van der Waals surface area contributed by atoms with Crippen molar-refractivity contribution in [2.24, 2.45) is 0 Å². The maximum absolute atomic E-state index is 12.9. The highest BCUT2D eigenvalue weighted by molar-refractivity contribution is 9.10. The van der Waals surface area contributed by atoms with Crippen molar-refractivity contribution >= 4 is 21.8 Å². The van der Waals surface area contributed by atoms with E-state index in [0.717, 1.165) is 35.0 Å². The molecule has 1 saturated heterocycles. The van der Waals surface area contributed by atoms with Crippen LogP contribution in [0.2, 0.25) is 0 Å². The Balaban J connectivity index is 1.48. The van der Waals surface area contributed by atoms with Crippen molar-refractivity contribution in [1.82, 2.24) is 9.88 Å². The summed E-state index contributed by atoms with van der Waals surface area (Å²) in [6, 6.07) is 9.91. The number of rotatable bonds is 5. The summed E-state index contributed by atoms with van der Waals surface area (Å²) in [5, 5.41) is 0. The van der Waals surface area contributed by atoms with E-state index in [1.54, 1.807) is 6.20 Å². The van der Waals surface area contributed by atoms with E-state index in [0.29, 0.717) is 31.1 Å². The summed E-state index contributed by atoms with van der Waals surface area (Å²) in [5.41, 5.74) is 2.66. The van der Waals surface area contributed by atoms with E-state index >= 15 is 0 Å². The molecule has 0 aliphatic carbocycles. The van der Waals surface area contributed by atoms with E-state index in [1.807, 2.05) is 35.2 Å². The second-order valence-electron chi connectivity index (χ2n) is 6.38. The molecular formula is C19H19BrN2O3. The molecule has 0 N–H and O–H groups in total. The Labute approximate surface area is 155 Å². The van der Waals surface area contributed by atoms with Crippen LogP contribution in [0.1, 0.15) is 34.3 Å². The van der Waals surface area contributed by atoms with Gasteiger partial charge in [-0.25, -0.2) is 4.98 Å². The Kier molecular flexibility index (Phi) is 4.72. The highest BCUT2D eigenvalue weighted by atomic mass is 79.9. The standard InChI is InChI=1S/C19H19BrN2O3/c20-15-5-3-13(4-6-15)10-22-11-14-7-8-21-18(17(14)19(22)23)25-12-16-2-1-9-24-16/h3-8,16H,1-2,9-12H2. The molecule has 2 aliphatic rings. The lowest BCUT2D eigenvalue weighted by atomic mass is 10.2. The van der Waals surface area contributed by atoms with Gasteiger partial charge in [0.05, 0.1) is 6.10 Å². The predicted molar refractivity (Wildman–Crippen MR) is 96.4 cm³/mol. The largest absolute Gasteiger partial charge is 0.474 e. The average molecular weight is 403 g/mol. The lowest BCUT2D eigenvalue weighted by Crippen LogP contribution is -2.24. The number of nitrogens with zero attached hydrogens (tertiary/aromatic N) is 2. The van der Waals surface area contributed by atoms with Crippen LogP contribution >= 0.6 is 15.9 Å². The molecule has 130 valence electrons. The fourth-order valence-corrected chi connectivity index (χ4v) is 3.54. The topological polar surface area (TPSA) is 51.7 Å². The maximum Gasteiger partial charge on any atom is 0.260 e. The summed E-state index contributed by atoms with van der Waals surface area (Å²) in [5.74, 6) is 0.407. The molecule has 4 rings (SSSR count). The summed E-state index contributed by atoms with van der Waals surface area (Å²) in [6.45, 7) is 2.40. The summed E-state index contributed by atoms with van der Waals surface area (Å²) in [4.78, 5) is 19.0. The van der Waals surface area contributed by atoms with Crippen LogP contribution < -0.4 is 4.74 Å². The maximum atomic E-state index is 12.9. The number of fused-ring (bicyclic) bond motifs is 1. The Bertz CT molecular complexity index is 773. The molecule has 1 unspecified atom stereocenters. The second kappa shape index (κ2) is 7.14. The number of pyridine rings is 1. The zero-order valence-electron chi connectivity index (χ0n) is 13.8. The van der Waals surface area contributed by atoms with Crippen molar-refractivity contribution in [3.8, 4) is 5.88 Å². The number of hydrogen-bond donors (Lipinski definition) is 0. The number of halogens is 1. The van der Waals surface area contributed by atoms with Crippen molar-refractivity contribution in [2.75, 3.05) is 13.2 Å². The van der Waals surface area contributed by atoms with Gasteiger partial charge in [-0.05, 0) is 42.2 Å². The molecule has 1 fully saturated rings. The SMILES string of the molecule is O=C1c2c(ccnc2OCC2CCCO2)CN1Cc1ccc(Br)cc1. The minimum atomic E-state index is -0.0200. The van der Waals surface area contributed by atoms with Gasteiger partial charge in [0.2, 0.25) is 5.88 Å². The number of ether oxygens (including phenoxy) is 2. The van der Waals surface area contributed by atoms with E-state index in [1.165, 1.54) is 0 Å². The van der Waals surface area contributed by atoms with Crippen molar-refractivity contribution in [3.63, 3.8) is 0 Å². The van der Waals surface area contributed by atoms with E-state index in [4.69, 9.17) is 9.47 Å². The van der Waals surface area contributed by atoms with Gasteiger partial charge in [-0.1, -0.05) is 28.1 Å². The molecule has 2 aliphatic heterocycles. The Morgan fingerprint density at radius 3 is 2.88 bits per heavy atom. The first-order valence-electron chi connectivity index (χ1n) is 8.47. The molecule has 2 aromatic rings. The van der Waals surface area contributed by atoms with Gasteiger partial charge in [0.15, 0.2) is 0 Å². The van der Waals surface area contributed by atoms with Crippen LogP contribution in [0.3, 0.4) is 0 Å². The van der Waals surface area contributed by atoms with Crippen LogP contribution in [0.4, 0.5) is 0 Å². The van der Waals surface area contributed by atoms with Gasteiger partial charge in [0.25, 0.3) is 5.91 Å². The van der Waals surface area contributed by atoms with E-state index < -0.39 is 0 Å². The van der Waals surface area contributed by atoms with Crippen LogP contribution in [0.5, 0.6) is 5.88 Å². The van der Waals surface area contributed by atoms with Crippen LogP contribution in [-0.2, 0) is 17.8 Å². The normalized spacial score (nSPS) is 19.3. The molecule has 0 saturated carbocycles. The van der Waals surface area contributed by atoms with E-state index in [2.05, 4.69) is 20.9 Å². The van der Waals surface area contributed by atoms with Crippen molar-refractivity contribution in [1.29, 1.82) is 0 Å². The summed E-state index contributed by atoms with van der Waals surface area (Å²) >= 11 is 3.43. The van der Waals surface area contributed by atoms with E-state index in [-0.39, 0.29) is 12.0 Å². The Hall–Kier alpha value is -1.92. The van der Waals surface area contributed by atoms with Crippen molar-refractivity contribution < 1.29 is 14.3 Å². The first-order valence-corrected chi connectivity index (χ1v) is 9.26. The lowest BCUT2D eigenvalue weighted by Gasteiger charge is -2.16. The molecule has 1 atom stereocenters. The minimum Gasteiger partial charge on any atom is -0.474 e. The molecule has 1 amide bonds. The first-order chi connectivity index (χ1) is 12.2. The molecule has 5 nitrogen and oxygen atoms in total. The lowest BCUT2D eigenvalue weighted by molar-refractivity contribution is 0.0643. The van der Waals surface area contributed by atoms with Crippen LogP contribution in [-0.4, -0.2) is 35.1 Å². The monoisotopic (exact) mass is 402 g/mol. The number of amides is 1. The van der Waals surface area contributed by atoms with Gasteiger partial charge in [0, 0.05) is 30.4 Å². The number of carbonyl (C=O) groups is 1. The van der Waals surface area contributed by atoms with Gasteiger partial charge < -0.3 is 14.4 Å². The summed E-state index contributed by atoms with van der Waals surface area (Å²) < 4.78 is 12.4. The van der Waals surface area contributed by atoms with Crippen LogP contribution in [0.15, 0.2) is 41.0 Å². The third-order valence-electron chi connectivity index (χ3n) is 4.58. The number of aromatic nitrogens is 1. The summed E-state index contributed by atoms with van der Waals surface area (Å²) in [6.07, 6.45) is 3.88. The zero-order valence-corrected chi connectivity index (χ0v) is 15.4. The van der Waals surface area contributed by atoms with Crippen molar-refractivity contribution in [3.05, 3.63) is 57.7 Å². The number of benzene rings is 1. The third-order valence-corrected chi connectivity index (χ3v) is 5.11. The Morgan fingerprint density at radius 2 is 2.12 bits per heavy atom. The van der Waals surface area contributed by atoms with Gasteiger partial charge in [-0.2, -0.15) is 0 Å². The molecule has 0 spiro atoms. The highest BCUT2D eigenvalue weighted by Crippen LogP contribution is 2.30. The van der Waals surface area contributed by atoms with Crippen LogP contribution in [0, 0.1) is 0 Å². The second-order valence-corrected chi connectivity index (χ2v) is 7.30. The van der Waals surface area contributed by atoms with Gasteiger partial charge in [-0.3, -0.25) is 4.79 Å². The molecule has 6 heteroatoms. The predicted octanol–water partition coefficient (Wildman–Crippen LogP) is 3.56. The average Bonchev–Trinajstić information content (AvgIpc) is 3.24. The molecule has 1 aromatic carbocycles. The molecule has 3 heterocycles. The summed E-state index contributed by atoms with van der Waals surface area (Å²) in [7, 11) is 0. The molecule has 1 aromatic heterocycles. The van der Waals surface area contributed by atoms with Crippen molar-refractivity contribution in [2.45, 2.75) is 32.0 Å². The number of carbonyl (C=O) groups excluding carboxylic acids is 1. The van der Waals surface area contributed by atoms with Gasteiger partial charge >= 0.3 is 0 Å². The first kappa shape index (κ1) is 16.5. The quantitative estimate of drug-likeness (QED) is 0.766. The van der Waals surface area contributed by atoms with Crippen LogP contribution in [0.25, 0.3) is 0 Å². The van der Waals surface area contributed by atoms with E-state index in [9.17, 15) is 4.79 Å².